The second-order valence-electron chi connectivity index (χ2n) is 14.3. The highest BCUT2D eigenvalue weighted by molar-refractivity contribution is 6.00. The van der Waals surface area contributed by atoms with Gasteiger partial charge in [0.15, 0.2) is 17.7 Å². The van der Waals surface area contributed by atoms with E-state index in [2.05, 4.69) is 5.92 Å². The summed E-state index contributed by atoms with van der Waals surface area (Å²) in [4.78, 5) is 50.2. The number of Topliss-reactive ketones (excluding diaryl/α,β-unsaturated/α-hetero) is 1. The zero-order valence-corrected chi connectivity index (χ0v) is 29.7. The summed E-state index contributed by atoms with van der Waals surface area (Å²) in [5.74, 6) is -1.88. The van der Waals surface area contributed by atoms with Crippen LogP contribution in [0.25, 0.3) is 0 Å². The topological polar surface area (TPSA) is 136 Å². The predicted molar refractivity (Wildman–Crippen MR) is 175 cm³/mol. The molecule has 47 heavy (non-hydrogen) atoms. The highest BCUT2D eigenvalue weighted by atomic mass is 16.7. The van der Waals surface area contributed by atoms with Crippen molar-refractivity contribution < 1.29 is 43.2 Å². The molecule has 0 radical (unpaired) electrons. The molecular weight excluding hydrogens is 606 g/mol. The Kier molecular flexibility index (Phi) is 11.8. The maximum Gasteiger partial charge on any atom is 0.410 e. The van der Waals surface area contributed by atoms with E-state index in [0.717, 1.165) is 5.71 Å². The fourth-order valence-corrected chi connectivity index (χ4v) is 8.60. The number of aliphatic imine (C=N–C) groups is 1. The Morgan fingerprint density at radius 3 is 2.38 bits per heavy atom. The van der Waals surface area contributed by atoms with Gasteiger partial charge in [0.05, 0.1) is 30.9 Å². The van der Waals surface area contributed by atoms with Gasteiger partial charge in [-0.05, 0) is 40.8 Å². The number of rotatable bonds is 6. The van der Waals surface area contributed by atoms with Gasteiger partial charge in [0, 0.05) is 55.5 Å². The fourth-order valence-electron chi connectivity index (χ4n) is 8.60. The molecule has 0 aromatic carbocycles. The Morgan fingerprint density at radius 1 is 1.11 bits per heavy atom. The molecule has 4 aliphatic heterocycles. The number of fused-ring (bicyclic) bond motifs is 1. The molecule has 12 heteroatoms. The van der Waals surface area contributed by atoms with Crippen molar-refractivity contribution in [3.05, 3.63) is 0 Å². The third-order valence-electron chi connectivity index (χ3n) is 11.0. The van der Waals surface area contributed by atoms with Gasteiger partial charge in [-0.3, -0.25) is 19.5 Å². The average Bonchev–Trinajstić information content (AvgIpc) is 3.15. The lowest BCUT2D eigenvalue weighted by atomic mass is 9.73. The summed E-state index contributed by atoms with van der Waals surface area (Å²) in [6.07, 6.45) is 1.56. The van der Waals surface area contributed by atoms with Crippen LogP contribution >= 0.6 is 0 Å². The average molecular weight is 662 g/mol. The first-order chi connectivity index (χ1) is 22.1. The molecule has 264 valence electrons. The highest BCUT2D eigenvalue weighted by Crippen LogP contribution is 2.43. The van der Waals surface area contributed by atoms with E-state index >= 15 is 0 Å². The Bertz CT molecular complexity index is 1240. The molecule has 0 saturated carbocycles. The van der Waals surface area contributed by atoms with Gasteiger partial charge in [-0.25, -0.2) is 4.79 Å². The number of carbonyl (C=O) groups is 3. The Hall–Kier alpha value is -2.56. The van der Waals surface area contributed by atoms with E-state index in [4.69, 9.17) is 35.1 Å². The van der Waals surface area contributed by atoms with Crippen LogP contribution in [0.2, 0.25) is 0 Å². The van der Waals surface area contributed by atoms with Crippen molar-refractivity contribution >= 4 is 23.6 Å². The summed E-state index contributed by atoms with van der Waals surface area (Å²) < 4.78 is 31.2. The minimum absolute atomic E-state index is 0.175. The van der Waals surface area contributed by atoms with E-state index in [0.29, 0.717) is 25.9 Å². The summed E-state index contributed by atoms with van der Waals surface area (Å²) in [6, 6.07) is -0.721. The van der Waals surface area contributed by atoms with Gasteiger partial charge in [-0.2, -0.15) is 0 Å². The SMILES string of the molecule is C#CCC1C(=O)O[C@@H](CC)[C@@]2(C)OC(=O)N3CCN=C([C@@H](C)C32)[C@H](C)[C@H](OC)[C@@H](C)[C@@H](O[C@@H]2O[C@H](C)C[C@H](N(C)C)[C@H]2O)[C@@H](C)C1=O. The number of cyclic esters (lactones) is 1. The summed E-state index contributed by atoms with van der Waals surface area (Å²) in [5, 5.41) is 11.4. The number of hydrogen-bond donors (Lipinski definition) is 1. The molecule has 0 aliphatic carbocycles. The summed E-state index contributed by atoms with van der Waals surface area (Å²) in [5.41, 5.74) is -0.365. The van der Waals surface area contributed by atoms with Crippen LogP contribution < -0.4 is 0 Å². The molecule has 2 bridgehead atoms. The number of ketones is 1. The van der Waals surface area contributed by atoms with Crippen LogP contribution in [0.1, 0.15) is 67.7 Å². The largest absolute Gasteiger partial charge is 0.457 e. The fraction of sp³-hybridized carbons (Fsp3) is 0.829. The Labute approximate surface area is 279 Å². The normalized spacial score (nSPS) is 43.4. The van der Waals surface area contributed by atoms with Crippen molar-refractivity contribution in [2.75, 3.05) is 34.3 Å². The van der Waals surface area contributed by atoms with Crippen molar-refractivity contribution in [1.29, 1.82) is 0 Å². The molecule has 2 unspecified atom stereocenters. The van der Waals surface area contributed by atoms with Gasteiger partial charge < -0.3 is 33.7 Å². The third-order valence-corrected chi connectivity index (χ3v) is 11.0. The van der Waals surface area contributed by atoms with Gasteiger partial charge in [0.2, 0.25) is 0 Å². The summed E-state index contributed by atoms with van der Waals surface area (Å²) in [6.45, 7) is 14.0. The number of methoxy groups -OCH3 is 1. The summed E-state index contributed by atoms with van der Waals surface area (Å²) >= 11 is 0. The number of terminal acetylenes is 1. The van der Waals surface area contributed by atoms with E-state index in [1.165, 1.54) is 0 Å². The molecule has 1 amide bonds. The first-order valence-corrected chi connectivity index (χ1v) is 17.0. The first-order valence-electron chi connectivity index (χ1n) is 17.0. The molecule has 1 N–H and O–H groups in total. The molecule has 3 saturated heterocycles. The molecule has 4 heterocycles. The highest BCUT2D eigenvalue weighted by Gasteiger charge is 2.60. The number of hydrogen-bond acceptors (Lipinski definition) is 11. The summed E-state index contributed by atoms with van der Waals surface area (Å²) in [7, 11) is 5.41. The lowest BCUT2D eigenvalue weighted by Gasteiger charge is -2.45. The van der Waals surface area contributed by atoms with Crippen molar-refractivity contribution in [3.63, 3.8) is 0 Å². The van der Waals surface area contributed by atoms with E-state index in [9.17, 15) is 19.5 Å². The zero-order chi connectivity index (χ0) is 35.0. The van der Waals surface area contributed by atoms with Crippen LogP contribution in [-0.4, -0.2) is 127 Å². The molecule has 0 spiro atoms. The van der Waals surface area contributed by atoms with Crippen LogP contribution in [-0.2, 0) is 33.3 Å². The minimum Gasteiger partial charge on any atom is -0.457 e. The van der Waals surface area contributed by atoms with Crippen LogP contribution in [0.5, 0.6) is 0 Å². The molecule has 4 rings (SSSR count). The Morgan fingerprint density at radius 2 is 1.79 bits per heavy atom. The lowest BCUT2D eigenvalue weighted by Crippen LogP contribution is -2.59. The van der Waals surface area contributed by atoms with Crippen LogP contribution in [0.15, 0.2) is 4.99 Å². The van der Waals surface area contributed by atoms with Crippen molar-refractivity contribution in [2.45, 2.75) is 122 Å². The van der Waals surface area contributed by atoms with Gasteiger partial charge in [0.1, 0.15) is 18.1 Å². The van der Waals surface area contributed by atoms with Crippen molar-refractivity contribution in [2.24, 2.45) is 34.6 Å². The molecule has 0 aromatic heterocycles. The molecule has 3 fully saturated rings. The van der Waals surface area contributed by atoms with E-state index < -0.39 is 77.9 Å². The molecule has 14 atom stereocenters. The van der Waals surface area contributed by atoms with E-state index in [-0.39, 0.29) is 30.4 Å². The third kappa shape index (κ3) is 6.97. The zero-order valence-electron chi connectivity index (χ0n) is 29.7. The van der Waals surface area contributed by atoms with Gasteiger partial charge >= 0.3 is 12.1 Å². The number of likely N-dealkylation sites (N-methyl/N-ethyl adjacent to an activating group) is 1. The second kappa shape index (κ2) is 14.9. The van der Waals surface area contributed by atoms with Crippen LogP contribution in [0.3, 0.4) is 0 Å². The van der Waals surface area contributed by atoms with Gasteiger partial charge in [0.25, 0.3) is 0 Å². The lowest BCUT2D eigenvalue weighted by molar-refractivity contribution is -0.281. The number of ether oxygens (including phenoxy) is 5. The quantitative estimate of drug-likeness (QED) is 0.257. The van der Waals surface area contributed by atoms with Gasteiger partial charge in [-0.15, -0.1) is 12.3 Å². The van der Waals surface area contributed by atoms with Crippen molar-refractivity contribution in [3.8, 4) is 12.3 Å². The Balaban J connectivity index is 1.84. The maximum atomic E-state index is 14.4. The maximum absolute atomic E-state index is 14.4. The number of nitrogens with zero attached hydrogens (tertiary/aromatic N) is 3. The van der Waals surface area contributed by atoms with Crippen LogP contribution in [0.4, 0.5) is 4.79 Å². The number of aliphatic hydroxyl groups excluding tert-OH is 1. The smallest absolute Gasteiger partial charge is 0.410 e. The van der Waals surface area contributed by atoms with Gasteiger partial charge in [-0.1, -0.05) is 34.6 Å². The molecule has 0 aromatic rings. The number of amides is 1. The molecular formula is C35H55N3O9. The van der Waals surface area contributed by atoms with E-state index in [1.54, 1.807) is 25.9 Å². The number of esters is 1. The molecule has 12 nitrogen and oxygen atoms in total. The van der Waals surface area contributed by atoms with E-state index in [1.807, 2.05) is 53.6 Å². The second-order valence-corrected chi connectivity index (χ2v) is 14.3. The standard InChI is InChI=1S/C35H55N3O9/c1-12-14-23-27(39)21(6)30(46-33-28(40)24(37(9)10)17-18(3)44-33)22(7)29(43-11)19(4)26-20(5)31-35(8,25(13-2)45-32(23)41)47-34(42)38(31)16-15-36-26/h1,18-25,28-31,33,40H,13-17H2,2-11H3/t18-,19+,20-,21+,22-,23?,24+,25+,28-,29+,30+,31?,33+,35-/m1/s1. The van der Waals surface area contributed by atoms with Crippen LogP contribution in [0, 0.1) is 41.9 Å². The number of aliphatic hydroxyl groups is 1. The molecule has 4 aliphatic rings. The predicted octanol–water partition coefficient (Wildman–Crippen LogP) is 2.94. The monoisotopic (exact) mass is 661 g/mol. The van der Waals surface area contributed by atoms with Crippen molar-refractivity contribution in [1.82, 2.24) is 9.80 Å². The first kappa shape index (κ1) is 37.3. The minimum atomic E-state index is -1.28. The number of carbonyl (C=O) groups excluding carboxylic acids is 3.